The van der Waals surface area contributed by atoms with Gasteiger partial charge in [0.05, 0.1) is 5.56 Å². The van der Waals surface area contributed by atoms with Crippen molar-refractivity contribution in [3.8, 4) is 0 Å². The van der Waals surface area contributed by atoms with E-state index < -0.39 is 23.4 Å². The first kappa shape index (κ1) is 12.9. The van der Waals surface area contributed by atoms with E-state index in [1.807, 2.05) is 0 Å². The van der Waals surface area contributed by atoms with Crippen LogP contribution in [0.4, 0.5) is 22.0 Å². The molecule has 0 amide bonds. The minimum absolute atomic E-state index is 0.0141. The van der Waals surface area contributed by atoms with Crippen LogP contribution in [0.5, 0.6) is 0 Å². The van der Waals surface area contributed by atoms with Crippen LogP contribution < -0.4 is 0 Å². The summed E-state index contributed by atoms with van der Waals surface area (Å²) in [6.07, 6.45) is -4.65. The van der Waals surface area contributed by atoms with Gasteiger partial charge in [0.2, 0.25) is 0 Å². The normalized spacial score (nSPS) is 11.9. The highest BCUT2D eigenvalue weighted by molar-refractivity contribution is 5.28. The van der Waals surface area contributed by atoms with Gasteiger partial charge in [0.15, 0.2) is 11.6 Å². The van der Waals surface area contributed by atoms with Crippen LogP contribution >= 0.6 is 0 Å². The molecule has 1 N–H and O–H groups in total. The van der Waals surface area contributed by atoms with Crippen molar-refractivity contribution in [1.29, 1.82) is 0 Å². The SMILES string of the molecule is OCCCc1cc(F)c(F)c(C(F)(F)F)c1. The molecule has 0 aliphatic carbocycles. The first-order valence-electron chi connectivity index (χ1n) is 4.52. The van der Waals surface area contributed by atoms with Gasteiger partial charge in [-0.2, -0.15) is 13.2 Å². The lowest BCUT2D eigenvalue weighted by molar-refractivity contribution is -0.140. The Bertz CT molecular complexity index is 372. The van der Waals surface area contributed by atoms with Crippen molar-refractivity contribution >= 4 is 0 Å². The third kappa shape index (κ3) is 2.91. The number of alkyl halides is 3. The highest BCUT2D eigenvalue weighted by atomic mass is 19.4. The van der Waals surface area contributed by atoms with E-state index in [9.17, 15) is 22.0 Å². The Balaban J connectivity index is 3.12. The molecule has 0 radical (unpaired) electrons. The molecular formula is C10H9F5O. The van der Waals surface area contributed by atoms with Gasteiger partial charge >= 0.3 is 6.18 Å². The highest BCUT2D eigenvalue weighted by Gasteiger charge is 2.35. The fourth-order valence-electron chi connectivity index (χ4n) is 1.28. The van der Waals surface area contributed by atoms with Gasteiger partial charge in [-0.25, -0.2) is 8.78 Å². The Morgan fingerprint density at radius 3 is 2.25 bits per heavy atom. The number of aryl methyl sites for hydroxylation is 1. The summed E-state index contributed by atoms with van der Waals surface area (Å²) in [5.41, 5.74) is -1.60. The smallest absolute Gasteiger partial charge is 0.396 e. The molecule has 0 saturated carbocycles. The molecule has 16 heavy (non-hydrogen) atoms. The molecule has 6 heteroatoms. The zero-order valence-electron chi connectivity index (χ0n) is 8.11. The van der Waals surface area contributed by atoms with Crippen molar-refractivity contribution < 1.29 is 27.1 Å². The maximum Gasteiger partial charge on any atom is 0.419 e. The first-order chi connectivity index (χ1) is 7.36. The lowest BCUT2D eigenvalue weighted by atomic mass is 10.1. The zero-order chi connectivity index (χ0) is 12.3. The third-order valence-corrected chi connectivity index (χ3v) is 2.02. The van der Waals surface area contributed by atoms with E-state index in [2.05, 4.69) is 0 Å². The van der Waals surface area contributed by atoms with E-state index in [-0.39, 0.29) is 25.0 Å². The monoisotopic (exact) mass is 240 g/mol. The molecule has 0 fully saturated rings. The quantitative estimate of drug-likeness (QED) is 0.805. The Hall–Kier alpha value is -1.17. The van der Waals surface area contributed by atoms with Crippen LogP contribution in [0.3, 0.4) is 0 Å². The fraction of sp³-hybridized carbons (Fsp3) is 0.400. The zero-order valence-corrected chi connectivity index (χ0v) is 8.11. The molecule has 0 heterocycles. The molecule has 1 aromatic carbocycles. The van der Waals surface area contributed by atoms with Crippen molar-refractivity contribution in [1.82, 2.24) is 0 Å². The van der Waals surface area contributed by atoms with E-state index in [1.165, 1.54) is 0 Å². The van der Waals surface area contributed by atoms with Gasteiger partial charge in [-0.1, -0.05) is 0 Å². The topological polar surface area (TPSA) is 20.2 Å². The molecule has 0 bridgehead atoms. The standard InChI is InChI=1S/C10H9F5O/c11-8-5-6(2-1-3-16)4-7(9(8)12)10(13,14)15/h4-5,16H,1-3H2. The molecule has 0 aromatic heterocycles. The molecule has 90 valence electrons. The van der Waals surface area contributed by atoms with Crippen molar-refractivity contribution in [3.05, 3.63) is 34.9 Å². The van der Waals surface area contributed by atoms with Crippen molar-refractivity contribution in [2.75, 3.05) is 6.61 Å². The summed E-state index contributed by atoms with van der Waals surface area (Å²) in [5.74, 6) is -3.41. The predicted molar refractivity (Wildman–Crippen MR) is 46.8 cm³/mol. The average molecular weight is 240 g/mol. The van der Waals surface area contributed by atoms with Crippen molar-refractivity contribution in [3.63, 3.8) is 0 Å². The summed E-state index contributed by atoms with van der Waals surface area (Å²) in [7, 11) is 0. The van der Waals surface area contributed by atoms with Gasteiger partial charge in [0.1, 0.15) is 0 Å². The van der Waals surface area contributed by atoms with Crippen LogP contribution in [-0.4, -0.2) is 11.7 Å². The third-order valence-electron chi connectivity index (χ3n) is 2.02. The van der Waals surface area contributed by atoms with E-state index >= 15 is 0 Å². The van der Waals surface area contributed by atoms with Gasteiger partial charge in [-0.3, -0.25) is 0 Å². The molecule has 0 spiro atoms. The summed E-state index contributed by atoms with van der Waals surface area (Å²) in [6, 6.07) is 1.27. The lowest BCUT2D eigenvalue weighted by Crippen LogP contribution is -2.10. The molecular weight excluding hydrogens is 231 g/mol. The van der Waals surface area contributed by atoms with Gasteiger partial charge in [-0.15, -0.1) is 0 Å². The van der Waals surface area contributed by atoms with Crippen LogP contribution in [0.15, 0.2) is 12.1 Å². The molecule has 1 aromatic rings. The minimum Gasteiger partial charge on any atom is -0.396 e. The Labute approximate surface area is 88.5 Å². The molecule has 0 saturated heterocycles. The van der Waals surface area contributed by atoms with Crippen LogP contribution in [0.25, 0.3) is 0 Å². The minimum atomic E-state index is -4.92. The lowest BCUT2D eigenvalue weighted by Gasteiger charge is -2.10. The van der Waals surface area contributed by atoms with E-state index in [0.29, 0.717) is 12.1 Å². The summed E-state index contributed by atoms with van der Waals surface area (Å²) in [5, 5.41) is 8.49. The molecule has 1 nitrogen and oxygen atoms in total. The molecule has 1 rings (SSSR count). The highest BCUT2D eigenvalue weighted by Crippen LogP contribution is 2.33. The number of halogens is 5. The number of rotatable bonds is 3. The van der Waals surface area contributed by atoms with E-state index in [1.54, 1.807) is 0 Å². The first-order valence-corrected chi connectivity index (χ1v) is 4.52. The van der Waals surface area contributed by atoms with Crippen molar-refractivity contribution in [2.24, 2.45) is 0 Å². The second-order valence-electron chi connectivity index (χ2n) is 3.26. The number of hydrogen-bond acceptors (Lipinski definition) is 1. The fourth-order valence-corrected chi connectivity index (χ4v) is 1.28. The van der Waals surface area contributed by atoms with Crippen LogP contribution in [0.2, 0.25) is 0 Å². The van der Waals surface area contributed by atoms with Gasteiger partial charge in [0, 0.05) is 6.61 Å². The largest absolute Gasteiger partial charge is 0.419 e. The van der Waals surface area contributed by atoms with Gasteiger partial charge in [0.25, 0.3) is 0 Å². The maximum absolute atomic E-state index is 12.9. The summed E-state index contributed by atoms with van der Waals surface area (Å²) < 4.78 is 62.5. The number of aliphatic hydroxyl groups excluding tert-OH is 1. The molecule has 0 unspecified atom stereocenters. The average Bonchev–Trinajstić information content (AvgIpc) is 2.17. The summed E-state index contributed by atoms with van der Waals surface area (Å²) in [4.78, 5) is 0. The van der Waals surface area contributed by atoms with Crippen molar-refractivity contribution in [2.45, 2.75) is 19.0 Å². The number of hydrogen-bond donors (Lipinski definition) is 1. The number of benzene rings is 1. The van der Waals surface area contributed by atoms with Gasteiger partial charge < -0.3 is 5.11 Å². The molecule has 0 atom stereocenters. The van der Waals surface area contributed by atoms with Crippen LogP contribution in [0.1, 0.15) is 17.5 Å². The Morgan fingerprint density at radius 2 is 1.75 bits per heavy atom. The second-order valence-corrected chi connectivity index (χ2v) is 3.26. The van der Waals surface area contributed by atoms with E-state index in [0.717, 1.165) is 0 Å². The second kappa shape index (κ2) is 4.78. The van der Waals surface area contributed by atoms with E-state index in [4.69, 9.17) is 5.11 Å². The Morgan fingerprint density at radius 1 is 1.12 bits per heavy atom. The predicted octanol–water partition coefficient (Wildman–Crippen LogP) is 2.91. The maximum atomic E-state index is 12.9. The summed E-state index contributed by atoms with van der Waals surface area (Å²) >= 11 is 0. The Kier molecular flexibility index (Phi) is 3.85. The van der Waals surface area contributed by atoms with Gasteiger partial charge in [-0.05, 0) is 30.5 Å². The van der Waals surface area contributed by atoms with Crippen LogP contribution in [0, 0.1) is 11.6 Å². The number of aliphatic hydroxyl groups is 1. The van der Waals surface area contributed by atoms with Crippen LogP contribution in [-0.2, 0) is 12.6 Å². The molecule has 0 aliphatic rings. The molecule has 0 aliphatic heterocycles. The summed E-state index contributed by atoms with van der Waals surface area (Å²) in [6.45, 7) is -0.222.